The molecule has 0 saturated carbocycles. The largest absolute Gasteiger partial charge is 0.389 e. The number of ether oxygens (including phenoxy) is 1. The number of aliphatic hydroxyl groups is 1. The molecule has 0 radical (unpaired) electrons. The van der Waals surface area contributed by atoms with Crippen LogP contribution in [0.3, 0.4) is 0 Å². The van der Waals surface area contributed by atoms with Gasteiger partial charge in [0.05, 0.1) is 12.7 Å². The molecule has 0 aromatic carbocycles. The molecule has 3 heteroatoms. The van der Waals surface area contributed by atoms with Gasteiger partial charge in [0.15, 0.2) is 0 Å². The standard InChI is InChI=1S/C10H23NO2/c1-8(2)9(3)11(4)6-10(12)7-13-5/h8-10,12H,6-7H2,1-5H3. The van der Waals surface area contributed by atoms with Crippen LogP contribution in [0.25, 0.3) is 0 Å². The van der Waals surface area contributed by atoms with E-state index in [-0.39, 0.29) is 6.10 Å². The van der Waals surface area contributed by atoms with Gasteiger partial charge in [-0.05, 0) is 19.9 Å². The van der Waals surface area contributed by atoms with E-state index >= 15 is 0 Å². The second-order valence-electron chi connectivity index (χ2n) is 4.03. The highest BCUT2D eigenvalue weighted by atomic mass is 16.5. The van der Waals surface area contributed by atoms with E-state index in [1.165, 1.54) is 0 Å². The van der Waals surface area contributed by atoms with Gasteiger partial charge < -0.3 is 14.7 Å². The van der Waals surface area contributed by atoms with Crippen molar-refractivity contribution in [2.24, 2.45) is 5.92 Å². The van der Waals surface area contributed by atoms with Crippen molar-refractivity contribution >= 4 is 0 Å². The summed E-state index contributed by atoms with van der Waals surface area (Å²) in [6.45, 7) is 7.63. The van der Waals surface area contributed by atoms with Gasteiger partial charge in [-0.25, -0.2) is 0 Å². The summed E-state index contributed by atoms with van der Waals surface area (Å²) < 4.78 is 4.87. The molecule has 3 nitrogen and oxygen atoms in total. The van der Waals surface area contributed by atoms with Gasteiger partial charge in [-0.1, -0.05) is 13.8 Å². The maximum atomic E-state index is 9.48. The van der Waals surface area contributed by atoms with E-state index in [1.54, 1.807) is 7.11 Å². The van der Waals surface area contributed by atoms with Crippen molar-refractivity contribution < 1.29 is 9.84 Å². The summed E-state index contributed by atoms with van der Waals surface area (Å²) in [6, 6.07) is 0.492. The van der Waals surface area contributed by atoms with Crippen molar-refractivity contribution in [3.8, 4) is 0 Å². The Kier molecular flexibility index (Phi) is 6.29. The van der Waals surface area contributed by atoms with Crippen molar-refractivity contribution in [3.05, 3.63) is 0 Å². The molecule has 0 aliphatic rings. The fourth-order valence-corrected chi connectivity index (χ4v) is 1.25. The first-order valence-electron chi connectivity index (χ1n) is 4.86. The van der Waals surface area contributed by atoms with Crippen LogP contribution in [0.4, 0.5) is 0 Å². The first kappa shape index (κ1) is 12.9. The first-order valence-corrected chi connectivity index (χ1v) is 4.86. The number of likely N-dealkylation sites (N-methyl/N-ethyl adjacent to an activating group) is 1. The van der Waals surface area contributed by atoms with Crippen LogP contribution in [0.1, 0.15) is 20.8 Å². The van der Waals surface area contributed by atoms with Crippen LogP contribution in [-0.2, 0) is 4.74 Å². The molecule has 1 N–H and O–H groups in total. The molecule has 0 aliphatic heterocycles. The molecule has 2 atom stereocenters. The molecule has 13 heavy (non-hydrogen) atoms. The molecule has 0 rings (SSSR count). The third-order valence-electron chi connectivity index (χ3n) is 2.52. The first-order chi connectivity index (χ1) is 5.99. The second kappa shape index (κ2) is 6.35. The summed E-state index contributed by atoms with van der Waals surface area (Å²) in [5.74, 6) is 0.611. The van der Waals surface area contributed by atoms with Crippen molar-refractivity contribution in [3.63, 3.8) is 0 Å². The molecule has 0 aromatic rings. The number of aliphatic hydroxyl groups excluding tert-OH is 1. The summed E-state index contributed by atoms with van der Waals surface area (Å²) in [5, 5.41) is 9.48. The zero-order chi connectivity index (χ0) is 10.4. The number of hydrogen-bond acceptors (Lipinski definition) is 3. The Bertz CT molecular complexity index is 128. The normalized spacial score (nSPS) is 16.6. The Balaban J connectivity index is 3.77. The number of methoxy groups -OCH3 is 1. The monoisotopic (exact) mass is 189 g/mol. The zero-order valence-corrected chi connectivity index (χ0v) is 9.45. The van der Waals surface area contributed by atoms with Gasteiger partial charge in [-0.15, -0.1) is 0 Å². The summed E-state index contributed by atoms with van der Waals surface area (Å²) >= 11 is 0. The predicted octanol–water partition coefficient (Wildman–Crippen LogP) is 0.970. The molecule has 0 amide bonds. The molecular formula is C10H23NO2. The summed E-state index contributed by atoms with van der Waals surface area (Å²) in [7, 11) is 3.64. The van der Waals surface area contributed by atoms with Gasteiger partial charge >= 0.3 is 0 Å². The highest BCUT2D eigenvalue weighted by Crippen LogP contribution is 2.08. The summed E-state index contributed by atoms with van der Waals surface area (Å²) in [6.07, 6.45) is -0.379. The quantitative estimate of drug-likeness (QED) is 0.676. The van der Waals surface area contributed by atoms with Crippen molar-refractivity contribution in [1.29, 1.82) is 0 Å². The van der Waals surface area contributed by atoms with Crippen LogP contribution in [-0.4, -0.2) is 49.5 Å². The SMILES string of the molecule is COCC(O)CN(C)C(C)C(C)C. The van der Waals surface area contributed by atoms with Gasteiger partial charge in [0.2, 0.25) is 0 Å². The van der Waals surface area contributed by atoms with Crippen LogP contribution in [0.15, 0.2) is 0 Å². The summed E-state index contributed by atoms with van der Waals surface area (Å²) in [4.78, 5) is 2.16. The molecule has 0 bridgehead atoms. The van der Waals surface area contributed by atoms with Crippen molar-refractivity contribution in [1.82, 2.24) is 4.90 Å². The molecule has 2 unspecified atom stereocenters. The Morgan fingerprint density at radius 2 is 1.85 bits per heavy atom. The molecule has 80 valence electrons. The van der Waals surface area contributed by atoms with E-state index in [0.29, 0.717) is 25.1 Å². The Morgan fingerprint density at radius 3 is 2.23 bits per heavy atom. The lowest BCUT2D eigenvalue weighted by Gasteiger charge is -2.29. The minimum atomic E-state index is -0.379. The smallest absolute Gasteiger partial charge is 0.0900 e. The lowest BCUT2D eigenvalue weighted by molar-refractivity contribution is 0.0312. The van der Waals surface area contributed by atoms with Crippen LogP contribution < -0.4 is 0 Å². The van der Waals surface area contributed by atoms with E-state index in [1.807, 2.05) is 7.05 Å². The molecule has 0 aromatic heterocycles. The third kappa shape index (κ3) is 5.24. The number of hydrogen-bond donors (Lipinski definition) is 1. The second-order valence-corrected chi connectivity index (χ2v) is 4.03. The maximum Gasteiger partial charge on any atom is 0.0900 e. The van der Waals surface area contributed by atoms with E-state index in [2.05, 4.69) is 25.7 Å². The van der Waals surface area contributed by atoms with Crippen LogP contribution in [0.5, 0.6) is 0 Å². The lowest BCUT2D eigenvalue weighted by Crippen LogP contribution is -2.40. The van der Waals surface area contributed by atoms with E-state index in [4.69, 9.17) is 4.74 Å². The van der Waals surface area contributed by atoms with Crippen LogP contribution in [0.2, 0.25) is 0 Å². The fraction of sp³-hybridized carbons (Fsp3) is 1.00. The highest BCUT2D eigenvalue weighted by Gasteiger charge is 2.15. The number of rotatable bonds is 6. The molecular weight excluding hydrogens is 166 g/mol. The molecule has 0 fully saturated rings. The van der Waals surface area contributed by atoms with Crippen molar-refractivity contribution in [2.75, 3.05) is 27.3 Å². The van der Waals surface area contributed by atoms with Crippen molar-refractivity contribution in [2.45, 2.75) is 32.9 Å². The minimum absolute atomic E-state index is 0.379. The van der Waals surface area contributed by atoms with Gasteiger partial charge in [0.1, 0.15) is 0 Å². The molecule has 0 aliphatic carbocycles. The van der Waals surface area contributed by atoms with Crippen LogP contribution >= 0.6 is 0 Å². The molecule has 0 saturated heterocycles. The van der Waals surface area contributed by atoms with Gasteiger partial charge in [0.25, 0.3) is 0 Å². The Hall–Kier alpha value is -0.120. The van der Waals surface area contributed by atoms with E-state index in [9.17, 15) is 5.11 Å². The van der Waals surface area contributed by atoms with Gasteiger partial charge in [0, 0.05) is 19.7 Å². The Labute approximate surface area is 81.7 Å². The lowest BCUT2D eigenvalue weighted by atomic mass is 10.1. The van der Waals surface area contributed by atoms with Gasteiger partial charge in [-0.3, -0.25) is 0 Å². The third-order valence-corrected chi connectivity index (χ3v) is 2.52. The highest BCUT2D eigenvalue weighted by molar-refractivity contribution is 4.69. The Morgan fingerprint density at radius 1 is 1.31 bits per heavy atom. The minimum Gasteiger partial charge on any atom is -0.389 e. The van der Waals surface area contributed by atoms with E-state index < -0.39 is 0 Å². The van der Waals surface area contributed by atoms with Crippen LogP contribution in [0, 0.1) is 5.92 Å². The van der Waals surface area contributed by atoms with Gasteiger partial charge in [-0.2, -0.15) is 0 Å². The average Bonchev–Trinajstić information content (AvgIpc) is 2.03. The molecule has 0 heterocycles. The summed E-state index contributed by atoms with van der Waals surface area (Å²) in [5.41, 5.74) is 0. The fourth-order valence-electron chi connectivity index (χ4n) is 1.25. The predicted molar refractivity (Wildman–Crippen MR) is 54.8 cm³/mol. The maximum absolute atomic E-state index is 9.48. The average molecular weight is 189 g/mol. The van der Waals surface area contributed by atoms with E-state index in [0.717, 1.165) is 0 Å². The molecule has 0 spiro atoms. The zero-order valence-electron chi connectivity index (χ0n) is 9.45. The topological polar surface area (TPSA) is 32.7 Å². The number of nitrogens with zero attached hydrogens (tertiary/aromatic N) is 1.